The summed E-state index contributed by atoms with van der Waals surface area (Å²) < 4.78 is 0. The molecule has 0 aliphatic heterocycles. The first kappa shape index (κ1) is 19.4. The van der Waals surface area contributed by atoms with Crippen molar-refractivity contribution in [3.63, 3.8) is 0 Å². The summed E-state index contributed by atoms with van der Waals surface area (Å²) in [4.78, 5) is 0. The van der Waals surface area contributed by atoms with Gasteiger partial charge in [0.25, 0.3) is 0 Å². The average molecular weight is 393 g/mol. The van der Waals surface area contributed by atoms with Crippen molar-refractivity contribution in [3.05, 3.63) is 70.8 Å². The van der Waals surface area contributed by atoms with Gasteiger partial charge in [-0.25, -0.2) is 0 Å². The van der Waals surface area contributed by atoms with Crippen molar-refractivity contribution >= 4 is 43.1 Å². The van der Waals surface area contributed by atoms with E-state index in [-0.39, 0.29) is 0 Å². The lowest BCUT2D eigenvalue weighted by Crippen LogP contribution is -1.98. The van der Waals surface area contributed by atoms with Crippen molar-refractivity contribution < 1.29 is 0 Å². The van der Waals surface area contributed by atoms with Gasteiger partial charge in [0.05, 0.1) is 0 Å². The van der Waals surface area contributed by atoms with E-state index in [9.17, 15) is 0 Å². The summed E-state index contributed by atoms with van der Waals surface area (Å²) in [5, 5.41) is 11.4. The minimum Gasteiger partial charge on any atom is -0.0625 e. The Bertz CT molecular complexity index is 1290. The summed E-state index contributed by atoms with van der Waals surface area (Å²) in [6.45, 7) is 13.8. The van der Waals surface area contributed by atoms with Gasteiger partial charge in [0.15, 0.2) is 0 Å². The zero-order valence-electron chi connectivity index (χ0n) is 19.2. The fraction of sp³-hybridized carbons (Fsp3) is 0.333. The molecule has 0 radical (unpaired) electrons. The number of hydrogen-bond donors (Lipinski definition) is 0. The van der Waals surface area contributed by atoms with E-state index in [0.29, 0.717) is 11.8 Å². The summed E-state index contributed by atoms with van der Waals surface area (Å²) in [5.74, 6) is 1.32. The monoisotopic (exact) mass is 392 g/mol. The molecule has 0 heteroatoms. The quantitative estimate of drug-likeness (QED) is 0.212. The highest BCUT2D eigenvalue weighted by Gasteiger charge is 2.17. The molecule has 0 bridgehead atoms. The number of rotatable bonds is 4. The summed E-state index contributed by atoms with van der Waals surface area (Å²) in [7, 11) is 0. The van der Waals surface area contributed by atoms with E-state index in [1.54, 1.807) is 0 Å². The van der Waals surface area contributed by atoms with Gasteiger partial charge < -0.3 is 0 Å². The van der Waals surface area contributed by atoms with E-state index in [2.05, 4.69) is 90.1 Å². The molecule has 5 aromatic rings. The lowest BCUT2D eigenvalue weighted by molar-refractivity contribution is 0.648. The summed E-state index contributed by atoms with van der Waals surface area (Å²) in [6.07, 6.45) is 2.25. The van der Waals surface area contributed by atoms with Gasteiger partial charge in [-0.05, 0) is 104 Å². The highest BCUT2D eigenvalue weighted by Crippen LogP contribution is 2.43. The fourth-order valence-corrected chi connectivity index (χ4v) is 5.42. The topological polar surface area (TPSA) is 0 Å². The molecule has 30 heavy (non-hydrogen) atoms. The first-order valence-corrected chi connectivity index (χ1v) is 11.5. The molecule has 0 amide bonds. The fourth-order valence-electron chi connectivity index (χ4n) is 5.42. The second kappa shape index (κ2) is 6.98. The van der Waals surface area contributed by atoms with Gasteiger partial charge in [-0.1, -0.05) is 76.2 Å². The molecule has 0 aliphatic carbocycles. The number of hydrogen-bond acceptors (Lipinski definition) is 0. The molecule has 0 fully saturated rings. The van der Waals surface area contributed by atoms with Gasteiger partial charge >= 0.3 is 0 Å². The van der Waals surface area contributed by atoms with Crippen molar-refractivity contribution in [2.45, 2.75) is 54.4 Å². The van der Waals surface area contributed by atoms with Crippen LogP contribution in [0.15, 0.2) is 48.5 Å². The molecule has 152 valence electrons. The molecule has 0 spiro atoms. The highest BCUT2D eigenvalue weighted by molar-refractivity contribution is 6.33. The lowest BCUT2D eigenvalue weighted by atomic mass is 9.84. The second-order valence-electron chi connectivity index (χ2n) is 10.2. The maximum atomic E-state index is 2.47. The van der Waals surface area contributed by atoms with E-state index >= 15 is 0 Å². The van der Waals surface area contributed by atoms with E-state index in [1.165, 1.54) is 65.3 Å². The molecule has 0 aromatic heterocycles. The lowest BCUT2D eigenvalue weighted by Gasteiger charge is -2.19. The van der Waals surface area contributed by atoms with Crippen molar-refractivity contribution in [3.8, 4) is 0 Å². The van der Waals surface area contributed by atoms with Crippen LogP contribution < -0.4 is 0 Å². The molecule has 0 N–H and O–H groups in total. The van der Waals surface area contributed by atoms with Gasteiger partial charge in [-0.3, -0.25) is 0 Å². The third kappa shape index (κ3) is 2.97. The van der Waals surface area contributed by atoms with Crippen LogP contribution in [0.4, 0.5) is 0 Å². The largest absolute Gasteiger partial charge is 0.0625 e. The molecular formula is C30H32. The van der Waals surface area contributed by atoms with Crippen LogP contribution in [0.1, 0.15) is 49.9 Å². The van der Waals surface area contributed by atoms with Crippen molar-refractivity contribution in [1.82, 2.24) is 0 Å². The maximum Gasteiger partial charge on any atom is -0.00235 e. The Kier molecular flexibility index (Phi) is 4.51. The van der Waals surface area contributed by atoms with Gasteiger partial charge in [-0.2, -0.15) is 0 Å². The summed E-state index contributed by atoms with van der Waals surface area (Å²) >= 11 is 0. The summed E-state index contributed by atoms with van der Waals surface area (Å²) in [5.41, 5.74) is 5.68. The van der Waals surface area contributed by atoms with Crippen LogP contribution in [0.25, 0.3) is 43.1 Å². The normalized spacial score (nSPS) is 12.5. The van der Waals surface area contributed by atoms with Gasteiger partial charge in [0.1, 0.15) is 0 Å². The number of benzene rings is 5. The number of aryl methyl sites for hydroxylation is 2. The van der Waals surface area contributed by atoms with Gasteiger partial charge in [0, 0.05) is 0 Å². The Labute approximate surface area is 180 Å². The molecule has 0 nitrogen and oxygen atoms in total. The Hall–Kier alpha value is -2.60. The molecular weight excluding hydrogens is 360 g/mol. The van der Waals surface area contributed by atoms with Crippen LogP contribution in [0.5, 0.6) is 0 Å². The zero-order valence-corrected chi connectivity index (χ0v) is 19.2. The van der Waals surface area contributed by atoms with Crippen LogP contribution in [-0.2, 0) is 12.8 Å². The van der Waals surface area contributed by atoms with E-state index in [0.717, 1.165) is 12.8 Å². The molecule has 0 saturated carbocycles. The van der Waals surface area contributed by atoms with Crippen LogP contribution in [0, 0.1) is 25.7 Å². The SMILES string of the molecule is Cc1ccc2c3cc(CC(C)C)cc4c(C)ccc(c5cc(CC(C)C)cc1c25)c43. The Morgan fingerprint density at radius 1 is 0.500 bits per heavy atom. The maximum absolute atomic E-state index is 2.47. The Balaban J connectivity index is 2.01. The molecule has 0 atom stereocenters. The van der Waals surface area contributed by atoms with Crippen molar-refractivity contribution in [2.75, 3.05) is 0 Å². The average Bonchev–Trinajstić information content (AvgIpc) is 2.67. The number of fused-ring (bicyclic) bond motifs is 2. The zero-order chi connectivity index (χ0) is 21.2. The molecule has 5 aromatic carbocycles. The predicted molar refractivity (Wildman–Crippen MR) is 134 cm³/mol. The smallest absolute Gasteiger partial charge is 0.00235 e. The van der Waals surface area contributed by atoms with Crippen LogP contribution >= 0.6 is 0 Å². The minimum atomic E-state index is 0.658. The predicted octanol–water partition coefficient (Wildman–Crippen LogP) is 8.75. The van der Waals surface area contributed by atoms with E-state index in [4.69, 9.17) is 0 Å². The van der Waals surface area contributed by atoms with E-state index < -0.39 is 0 Å². The third-order valence-electron chi connectivity index (χ3n) is 6.65. The Morgan fingerprint density at radius 2 is 0.867 bits per heavy atom. The molecule has 0 heterocycles. The third-order valence-corrected chi connectivity index (χ3v) is 6.65. The minimum absolute atomic E-state index is 0.658. The van der Waals surface area contributed by atoms with Gasteiger partial charge in [0.2, 0.25) is 0 Å². The van der Waals surface area contributed by atoms with Crippen molar-refractivity contribution in [2.24, 2.45) is 11.8 Å². The summed E-state index contributed by atoms with van der Waals surface area (Å²) in [6, 6.07) is 19.2. The van der Waals surface area contributed by atoms with Crippen molar-refractivity contribution in [1.29, 1.82) is 0 Å². The molecule has 0 unspecified atom stereocenters. The standard InChI is InChI=1S/C30H32/c1-17(2)11-21-13-25-19(5)7-10-24-28-16-22(12-18(3)4)14-26-20(6)8-9-23(30(26)28)27(15-21)29(24)25/h7-10,13-18H,11-12H2,1-6H3. The van der Waals surface area contributed by atoms with Gasteiger partial charge in [-0.15, -0.1) is 0 Å². The first-order chi connectivity index (χ1) is 14.3. The molecule has 5 rings (SSSR count). The highest BCUT2D eigenvalue weighted by atomic mass is 14.2. The Morgan fingerprint density at radius 3 is 1.23 bits per heavy atom. The van der Waals surface area contributed by atoms with Crippen LogP contribution in [0.3, 0.4) is 0 Å². The molecule has 0 aliphatic rings. The molecule has 0 saturated heterocycles. The van der Waals surface area contributed by atoms with Crippen LogP contribution in [0.2, 0.25) is 0 Å². The van der Waals surface area contributed by atoms with Crippen LogP contribution in [-0.4, -0.2) is 0 Å². The second-order valence-corrected chi connectivity index (χ2v) is 10.2. The first-order valence-electron chi connectivity index (χ1n) is 11.5. The van der Waals surface area contributed by atoms with E-state index in [1.807, 2.05) is 0 Å².